The molecule has 0 amide bonds. The molecule has 3 rings (SSSR count). The van der Waals surface area contributed by atoms with E-state index in [0.29, 0.717) is 6.54 Å². The Kier molecular flexibility index (Phi) is 3.36. The predicted octanol–water partition coefficient (Wildman–Crippen LogP) is 2.39. The molecule has 0 aliphatic heterocycles. The van der Waals surface area contributed by atoms with Crippen LogP contribution in [0, 0.1) is 0 Å². The molecule has 0 fully saturated rings. The third kappa shape index (κ3) is 2.49. The second-order valence-electron chi connectivity index (χ2n) is 5.19. The van der Waals surface area contributed by atoms with Gasteiger partial charge in [-0.25, -0.2) is 8.42 Å². The van der Waals surface area contributed by atoms with Crippen LogP contribution in [0.25, 0.3) is 11.1 Å². The van der Waals surface area contributed by atoms with E-state index in [1.54, 1.807) is 0 Å². The van der Waals surface area contributed by atoms with E-state index >= 15 is 0 Å². The zero-order chi connectivity index (χ0) is 14.2. The first-order chi connectivity index (χ1) is 9.56. The molecule has 3 nitrogen and oxygen atoms in total. The molecular formula is C16H17NO2S. The van der Waals surface area contributed by atoms with E-state index in [1.807, 2.05) is 24.3 Å². The lowest BCUT2D eigenvalue weighted by atomic mass is 10.1. The Morgan fingerprint density at radius 1 is 0.950 bits per heavy atom. The minimum atomic E-state index is -2.93. The van der Waals surface area contributed by atoms with E-state index in [1.165, 1.54) is 28.5 Å². The van der Waals surface area contributed by atoms with Gasteiger partial charge >= 0.3 is 0 Å². The van der Waals surface area contributed by atoms with Crippen molar-refractivity contribution in [3.05, 3.63) is 59.7 Å². The molecule has 0 atom stereocenters. The zero-order valence-corrected chi connectivity index (χ0v) is 12.2. The topological polar surface area (TPSA) is 46.2 Å². The molecule has 1 aliphatic carbocycles. The van der Waals surface area contributed by atoms with E-state index in [4.69, 9.17) is 0 Å². The minimum Gasteiger partial charge on any atom is -0.305 e. The van der Waals surface area contributed by atoms with Gasteiger partial charge in [-0.3, -0.25) is 0 Å². The van der Waals surface area contributed by atoms with Crippen LogP contribution in [0.4, 0.5) is 0 Å². The fraction of sp³-hybridized carbons (Fsp3) is 0.250. The summed E-state index contributed by atoms with van der Waals surface area (Å²) >= 11 is 0. The molecule has 0 heterocycles. The van der Waals surface area contributed by atoms with Gasteiger partial charge in [0.1, 0.15) is 9.84 Å². The van der Waals surface area contributed by atoms with Crippen LogP contribution in [0.2, 0.25) is 0 Å². The summed E-state index contributed by atoms with van der Waals surface area (Å²) in [5.74, 6) is 0.161. The van der Waals surface area contributed by atoms with Crippen LogP contribution in [0.15, 0.2) is 48.5 Å². The van der Waals surface area contributed by atoms with Crippen molar-refractivity contribution in [2.24, 2.45) is 0 Å². The molecule has 0 saturated heterocycles. The Bertz CT molecular complexity index is 692. The summed E-state index contributed by atoms with van der Waals surface area (Å²) in [7, 11) is -2.93. The smallest absolute Gasteiger partial charge is 0.148 e. The Labute approximate surface area is 119 Å². The van der Waals surface area contributed by atoms with E-state index < -0.39 is 9.84 Å². The third-order valence-corrected chi connectivity index (χ3v) is 4.60. The second-order valence-corrected chi connectivity index (χ2v) is 7.45. The lowest BCUT2D eigenvalue weighted by Crippen LogP contribution is -2.26. The van der Waals surface area contributed by atoms with Gasteiger partial charge in [-0.2, -0.15) is 0 Å². The molecule has 0 aromatic heterocycles. The van der Waals surface area contributed by atoms with Crippen molar-refractivity contribution in [2.45, 2.75) is 6.04 Å². The van der Waals surface area contributed by atoms with Crippen LogP contribution in [0.1, 0.15) is 17.2 Å². The Hall–Kier alpha value is -1.65. The highest BCUT2D eigenvalue weighted by Crippen LogP contribution is 2.42. The van der Waals surface area contributed by atoms with Gasteiger partial charge in [0.15, 0.2) is 0 Å². The molecule has 1 aliphatic rings. The monoisotopic (exact) mass is 287 g/mol. The average molecular weight is 287 g/mol. The highest BCUT2D eigenvalue weighted by molar-refractivity contribution is 7.90. The largest absolute Gasteiger partial charge is 0.305 e. The molecule has 0 saturated carbocycles. The minimum absolute atomic E-state index is 0.0872. The summed E-state index contributed by atoms with van der Waals surface area (Å²) < 4.78 is 22.5. The van der Waals surface area contributed by atoms with Gasteiger partial charge in [-0.1, -0.05) is 48.5 Å². The number of sulfone groups is 1. The van der Waals surface area contributed by atoms with Crippen molar-refractivity contribution in [3.63, 3.8) is 0 Å². The normalized spacial score (nSPS) is 14.1. The Balaban J connectivity index is 1.91. The highest BCUT2D eigenvalue weighted by Gasteiger charge is 2.27. The second kappa shape index (κ2) is 5.04. The van der Waals surface area contributed by atoms with E-state index in [0.717, 1.165) is 0 Å². The van der Waals surface area contributed by atoms with Crippen molar-refractivity contribution in [1.82, 2.24) is 5.32 Å². The summed E-state index contributed by atoms with van der Waals surface area (Å²) in [4.78, 5) is 0. The zero-order valence-electron chi connectivity index (χ0n) is 11.3. The van der Waals surface area contributed by atoms with Gasteiger partial charge in [0.05, 0.1) is 11.8 Å². The van der Waals surface area contributed by atoms with E-state index in [-0.39, 0.29) is 11.8 Å². The van der Waals surface area contributed by atoms with Gasteiger partial charge in [0.25, 0.3) is 0 Å². The Morgan fingerprint density at radius 3 is 1.95 bits per heavy atom. The molecule has 20 heavy (non-hydrogen) atoms. The van der Waals surface area contributed by atoms with Crippen molar-refractivity contribution in [3.8, 4) is 11.1 Å². The first-order valence-corrected chi connectivity index (χ1v) is 8.72. The number of fused-ring (bicyclic) bond motifs is 3. The molecule has 2 aromatic carbocycles. The van der Waals surface area contributed by atoms with E-state index in [9.17, 15) is 8.42 Å². The fourth-order valence-corrected chi connectivity index (χ4v) is 3.25. The van der Waals surface area contributed by atoms with Crippen molar-refractivity contribution in [2.75, 3.05) is 18.6 Å². The summed E-state index contributed by atoms with van der Waals surface area (Å²) in [6.45, 7) is 0.464. The number of hydrogen-bond acceptors (Lipinski definition) is 3. The number of benzene rings is 2. The molecular weight excluding hydrogens is 270 g/mol. The molecule has 104 valence electrons. The van der Waals surface area contributed by atoms with Gasteiger partial charge in [-0.15, -0.1) is 0 Å². The highest BCUT2D eigenvalue weighted by atomic mass is 32.2. The predicted molar refractivity (Wildman–Crippen MR) is 81.4 cm³/mol. The maximum Gasteiger partial charge on any atom is 0.148 e. The Morgan fingerprint density at radius 2 is 1.45 bits per heavy atom. The van der Waals surface area contributed by atoms with Crippen LogP contribution in [-0.4, -0.2) is 27.0 Å². The first-order valence-electron chi connectivity index (χ1n) is 6.65. The fourth-order valence-electron chi connectivity index (χ4n) is 2.76. The molecule has 1 N–H and O–H groups in total. The summed E-state index contributed by atoms with van der Waals surface area (Å²) in [6.07, 6.45) is 1.27. The lowest BCUT2D eigenvalue weighted by Gasteiger charge is -2.15. The number of hydrogen-bond donors (Lipinski definition) is 1. The average Bonchev–Trinajstić information content (AvgIpc) is 2.73. The van der Waals surface area contributed by atoms with Gasteiger partial charge < -0.3 is 5.32 Å². The maximum absolute atomic E-state index is 11.3. The van der Waals surface area contributed by atoms with Crippen molar-refractivity contribution < 1.29 is 8.42 Å². The van der Waals surface area contributed by atoms with Gasteiger partial charge in [-0.05, 0) is 22.3 Å². The lowest BCUT2D eigenvalue weighted by molar-refractivity contribution is 0.589. The quantitative estimate of drug-likeness (QED) is 0.939. The van der Waals surface area contributed by atoms with Crippen molar-refractivity contribution >= 4 is 9.84 Å². The molecule has 0 bridgehead atoms. The van der Waals surface area contributed by atoms with Crippen molar-refractivity contribution in [1.29, 1.82) is 0 Å². The SMILES string of the molecule is CS(=O)(=O)CCNC1c2ccccc2-c2ccccc21. The summed E-state index contributed by atoms with van der Waals surface area (Å²) in [5, 5.41) is 3.37. The van der Waals surface area contributed by atoms with Crippen LogP contribution in [0.5, 0.6) is 0 Å². The van der Waals surface area contributed by atoms with Crippen LogP contribution < -0.4 is 5.32 Å². The molecule has 0 spiro atoms. The van der Waals surface area contributed by atoms with E-state index in [2.05, 4.69) is 29.6 Å². The number of nitrogens with one attached hydrogen (secondary N) is 1. The molecule has 2 aromatic rings. The summed E-state index contributed by atoms with van der Waals surface area (Å²) in [5.41, 5.74) is 4.92. The van der Waals surface area contributed by atoms with Gasteiger partial charge in [0.2, 0.25) is 0 Å². The van der Waals surface area contributed by atoms with Crippen LogP contribution >= 0.6 is 0 Å². The first kappa shape index (κ1) is 13.3. The maximum atomic E-state index is 11.3. The standard InChI is InChI=1S/C16H17NO2S/c1-20(18,19)11-10-17-16-14-8-4-2-6-12(14)13-7-3-5-9-15(13)16/h2-9,16-17H,10-11H2,1H3. The molecule has 0 radical (unpaired) electrons. The summed E-state index contributed by atoms with van der Waals surface area (Å²) in [6, 6.07) is 16.7. The van der Waals surface area contributed by atoms with Crippen LogP contribution in [0.3, 0.4) is 0 Å². The molecule has 4 heteroatoms. The molecule has 0 unspecified atom stereocenters. The van der Waals surface area contributed by atoms with Crippen LogP contribution in [-0.2, 0) is 9.84 Å². The van der Waals surface area contributed by atoms with Gasteiger partial charge in [0, 0.05) is 12.8 Å². The number of rotatable bonds is 4. The third-order valence-electron chi connectivity index (χ3n) is 3.66.